The van der Waals surface area contributed by atoms with Crippen LogP contribution in [0.25, 0.3) is 0 Å². The molecule has 0 fully saturated rings. The smallest absolute Gasteiger partial charge is 0.344 e. The molecule has 16 heteroatoms. The van der Waals surface area contributed by atoms with Crippen molar-refractivity contribution in [3.63, 3.8) is 0 Å². The summed E-state index contributed by atoms with van der Waals surface area (Å²) in [5.74, 6) is -0.409. The van der Waals surface area contributed by atoms with Crippen LogP contribution in [0.2, 0.25) is 0 Å². The lowest BCUT2D eigenvalue weighted by atomic mass is 9.75. The van der Waals surface area contributed by atoms with Gasteiger partial charge in [0.15, 0.2) is 35.6 Å². The summed E-state index contributed by atoms with van der Waals surface area (Å²) in [6.07, 6.45) is 5.38. The minimum atomic E-state index is -1.31. The lowest BCUT2D eigenvalue weighted by molar-refractivity contribution is -0.146. The van der Waals surface area contributed by atoms with Gasteiger partial charge in [-0.2, -0.15) is 0 Å². The third kappa shape index (κ3) is 19.3. The summed E-state index contributed by atoms with van der Waals surface area (Å²) >= 11 is 0. The molecule has 0 amide bonds. The summed E-state index contributed by atoms with van der Waals surface area (Å²) < 4.78 is 91.1. The second-order valence-electron chi connectivity index (χ2n) is 18.4. The van der Waals surface area contributed by atoms with E-state index in [4.69, 9.17) is 66.3 Å². The van der Waals surface area contributed by atoms with E-state index in [9.17, 15) is 9.59 Å². The Labute approximate surface area is 450 Å². The average molecular weight is 1060 g/mol. The average Bonchev–Trinajstić information content (AvgIpc) is 3.40. The number of hydrogen-bond acceptors (Lipinski definition) is 16. The number of hydrogen-bond donors (Lipinski definition) is 0. The van der Waals surface area contributed by atoms with E-state index < -0.39 is 29.9 Å². The molecule has 0 aliphatic carbocycles. The first-order valence-corrected chi connectivity index (χ1v) is 28.0. The van der Waals surface area contributed by atoms with Gasteiger partial charge in [0, 0.05) is 31.8 Å². The van der Waals surface area contributed by atoms with E-state index in [0.29, 0.717) is 115 Å². The minimum Gasteiger partial charge on any atom is -0.489 e. The molecule has 0 aliphatic heterocycles. The summed E-state index contributed by atoms with van der Waals surface area (Å²) in [4.78, 5) is 29.0. The molecule has 0 aliphatic rings. The normalized spacial score (nSPS) is 11.4. The molecule has 2 rings (SSSR count). The Balaban J connectivity index is 3.54. The fraction of sp³-hybridized carbons (Fsp3) is 0.695. The van der Waals surface area contributed by atoms with E-state index in [1.54, 1.807) is 0 Å². The molecule has 2 aromatic rings. The SMILES string of the molecule is C=C(C(=O)Oc1c(OCCC)c(OCCC)c(C(C)(C)c2c(OCCC)c(OCCC)c(OC(=O)C(=C)C(OCCC)OCCC)c(OCCC)c2OCCC)c(OCCC)c1OCCC)C(OCCC)OCCC. The monoisotopic (exact) mass is 1060 g/mol. The number of esters is 2. The first-order chi connectivity index (χ1) is 36.2. The third-order valence-electron chi connectivity index (χ3n) is 10.8. The van der Waals surface area contributed by atoms with Crippen LogP contribution < -0.4 is 47.4 Å². The molecule has 428 valence electrons. The van der Waals surface area contributed by atoms with E-state index in [1.807, 2.05) is 96.9 Å². The maximum atomic E-state index is 14.5. The summed E-state index contributed by atoms with van der Waals surface area (Å²) in [5, 5.41) is 0. The molecular weight excluding hydrogens is 965 g/mol. The highest BCUT2D eigenvalue weighted by molar-refractivity contribution is 5.93. The highest BCUT2D eigenvalue weighted by Gasteiger charge is 2.46. The lowest BCUT2D eigenvalue weighted by Gasteiger charge is -2.36. The van der Waals surface area contributed by atoms with Crippen LogP contribution >= 0.6 is 0 Å². The summed E-state index contributed by atoms with van der Waals surface area (Å²) in [6.45, 7) is 39.0. The number of carbonyl (C=O) groups is 2. The molecule has 0 heterocycles. The number of carbonyl (C=O) groups excluding carboxylic acids is 2. The zero-order valence-corrected chi connectivity index (χ0v) is 48.6. The van der Waals surface area contributed by atoms with Crippen LogP contribution in [0.4, 0.5) is 0 Å². The predicted molar refractivity (Wildman–Crippen MR) is 293 cm³/mol. The van der Waals surface area contributed by atoms with Gasteiger partial charge in [-0.15, -0.1) is 0 Å². The first kappa shape index (κ1) is 66.2. The Kier molecular flexibility index (Phi) is 32.6. The van der Waals surface area contributed by atoms with Gasteiger partial charge in [0.1, 0.15) is 0 Å². The topological polar surface area (TPSA) is 163 Å². The summed E-state index contributed by atoms with van der Waals surface area (Å²) in [6, 6.07) is 0. The van der Waals surface area contributed by atoms with Gasteiger partial charge in [-0.25, -0.2) is 9.59 Å². The number of rotatable bonds is 44. The molecule has 0 spiro atoms. The predicted octanol–water partition coefficient (Wildman–Crippen LogP) is 13.6. The molecule has 0 N–H and O–H groups in total. The Bertz CT molecular complexity index is 1770. The van der Waals surface area contributed by atoms with Crippen LogP contribution in [0, 0.1) is 0 Å². The van der Waals surface area contributed by atoms with Crippen molar-refractivity contribution in [3.05, 3.63) is 35.4 Å². The molecule has 2 aromatic carbocycles. The van der Waals surface area contributed by atoms with Crippen molar-refractivity contribution in [2.45, 2.75) is 192 Å². The quantitative estimate of drug-likeness (QED) is 0.0266. The molecule has 0 unspecified atom stereocenters. The van der Waals surface area contributed by atoms with Gasteiger partial charge in [0.2, 0.25) is 34.5 Å². The Morgan fingerprint density at radius 3 is 0.693 bits per heavy atom. The molecule has 0 aromatic heterocycles. The van der Waals surface area contributed by atoms with Crippen LogP contribution in [0.5, 0.6) is 57.5 Å². The van der Waals surface area contributed by atoms with E-state index in [-0.39, 0.29) is 121 Å². The van der Waals surface area contributed by atoms with Crippen LogP contribution in [-0.4, -0.2) is 104 Å². The zero-order valence-electron chi connectivity index (χ0n) is 48.6. The Morgan fingerprint density at radius 2 is 0.507 bits per heavy atom. The molecule has 0 saturated heterocycles. The van der Waals surface area contributed by atoms with Crippen molar-refractivity contribution in [1.82, 2.24) is 0 Å². The van der Waals surface area contributed by atoms with Crippen LogP contribution in [0.3, 0.4) is 0 Å². The number of ether oxygens (including phenoxy) is 14. The van der Waals surface area contributed by atoms with Gasteiger partial charge in [-0.05, 0) is 77.0 Å². The molecule has 16 nitrogen and oxygen atoms in total. The van der Waals surface area contributed by atoms with Gasteiger partial charge in [-0.1, -0.05) is 110 Å². The van der Waals surface area contributed by atoms with E-state index in [1.165, 1.54) is 0 Å². The van der Waals surface area contributed by atoms with Crippen molar-refractivity contribution in [2.75, 3.05) is 79.3 Å². The van der Waals surface area contributed by atoms with Crippen molar-refractivity contribution in [2.24, 2.45) is 0 Å². The molecule has 0 atom stereocenters. The lowest BCUT2D eigenvalue weighted by Crippen LogP contribution is -2.29. The molecule has 0 radical (unpaired) electrons. The highest BCUT2D eigenvalue weighted by Crippen LogP contribution is 2.64. The van der Waals surface area contributed by atoms with Gasteiger partial charge in [0.05, 0.1) is 75.1 Å². The first-order valence-electron chi connectivity index (χ1n) is 28.0. The minimum absolute atomic E-state index is 0.0484. The third-order valence-corrected chi connectivity index (χ3v) is 10.8. The standard InChI is InChI=1S/C59H96O16/c1-17-29-62-45-43(46(63-30-18-2)50(67-34-22-6)53(49(45)66-33-21-5)74-55(60)41(13)57(70-37-25-9)71-38-26-10)59(15,16)44-47(64-31-19-3)51(68-35-23-7)54(52(69-36-24-8)48(44)65-32-20-4)75-56(61)42(14)58(72-39-27-11)73-40-28-12/h57-58H,13-14,17-40H2,1-12,15-16H3. The highest BCUT2D eigenvalue weighted by atomic mass is 16.7. The largest absolute Gasteiger partial charge is 0.489 e. The summed E-state index contributed by atoms with van der Waals surface area (Å²) in [7, 11) is 0. The molecule has 0 saturated carbocycles. The maximum absolute atomic E-state index is 14.5. The molecule has 0 bridgehead atoms. The Hall–Kier alpha value is -4.90. The van der Waals surface area contributed by atoms with Crippen LogP contribution in [0.15, 0.2) is 24.3 Å². The van der Waals surface area contributed by atoms with Crippen molar-refractivity contribution >= 4 is 11.9 Å². The van der Waals surface area contributed by atoms with E-state index >= 15 is 0 Å². The van der Waals surface area contributed by atoms with Gasteiger partial charge < -0.3 is 66.3 Å². The van der Waals surface area contributed by atoms with Crippen molar-refractivity contribution < 1.29 is 75.9 Å². The molecule has 75 heavy (non-hydrogen) atoms. The van der Waals surface area contributed by atoms with Gasteiger partial charge in [0.25, 0.3) is 0 Å². The van der Waals surface area contributed by atoms with E-state index in [0.717, 1.165) is 0 Å². The van der Waals surface area contributed by atoms with E-state index in [2.05, 4.69) is 13.2 Å². The van der Waals surface area contributed by atoms with Gasteiger partial charge >= 0.3 is 11.9 Å². The molecular formula is C59H96O16. The zero-order chi connectivity index (χ0) is 55.8. The second-order valence-corrected chi connectivity index (χ2v) is 18.4. The fourth-order valence-electron chi connectivity index (χ4n) is 7.34. The summed E-state index contributed by atoms with van der Waals surface area (Å²) in [5.41, 5.74) is -0.479. The van der Waals surface area contributed by atoms with Crippen LogP contribution in [-0.2, 0) is 34.0 Å². The van der Waals surface area contributed by atoms with Gasteiger partial charge in [-0.3, -0.25) is 0 Å². The number of benzene rings is 2. The second kappa shape index (κ2) is 37.0. The Morgan fingerprint density at radius 1 is 0.320 bits per heavy atom. The van der Waals surface area contributed by atoms with Crippen molar-refractivity contribution in [3.8, 4) is 57.5 Å². The van der Waals surface area contributed by atoms with Crippen molar-refractivity contribution in [1.29, 1.82) is 0 Å². The maximum Gasteiger partial charge on any atom is 0.344 e. The van der Waals surface area contributed by atoms with Crippen LogP contribution in [0.1, 0.15) is 185 Å². The fourth-order valence-corrected chi connectivity index (χ4v) is 7.34.